The Morgan fingerprint density at radius 2 is 1.37 bits per heavy atom. The normalized spacial score (nSPS) is 10.6. The van der Waals surface area contributed by atoms with Crippen LogP contribution in [0.2, 0.25) is 0 Å². The predicted molar refractivity (Wildman–Crippen MR) is 79.3 cm³/mol. The minimum Gasteiger partial charge on any atom is -0.463 e. The number of carbonyl (C=O) groups excluding carboxylic acids is 1. The number of hydrogen-bond donors (Lipinski definition) is 0. The van der Waals surface area contributed by atoms with Crippen LogP contribution in [0.15, 0.2) is 0 Å². The first kappa shape index (κ1) is 18.4. The summed E-state index contributed by atoms with van der Waals surface area (Å²) in [4.78, 5) is 11.3. The van der Waals surface area contributed by atoms with Gasteiger partial charge in [0.25, 0.3) is 0 Å². The van der Waals surface area contributed by atoms with E-state index in [0.29, 0.717) is 26.2 Å². The molecule has 0 saturated carbocycles. The molecule has 0 aliphatic heterocycles. The van der Waals surface area contributed by atoms with Gasteiger partial charge in [0.1, 0.15) is 6.61 Å². The van der Waals surface area contributed by atoms with Gasteiger partial charge in [0.2, 0.25) is 0 Å². The van der Waals surface area contributed by atoms with Crippen molar-refractivity contribution >= 4 is 5.97 Å². The van der Waals surface area contributed by atoms with Crippen molar-refractivity contribution < 1.29 is 14.3 Å². The molecule has 0 saturated heterocycles. The Kier molecular flexibility index (Phi) is 15.0. The highest BCUT2D eigenvalue weighted by Crippen LogP contribution is 2.10. The van der Waals surface area contributed by atoms with E-state index in [0.717, 1.165) is 12.8 Å². The molecule has 0 unspecified atom stereocenters. The Hall–Kier alpha value is -0.570. The zero-order valence-electron chi connectivity index (χ0n) is 12.9. The summed E-state index contributed by atoms with van der Waals surface area (Å²) in [7, 11) is 0. The summed E-state index contributed by atoms with van der Waals surface area (Å²) in [5.41, 5.74) is 0. The largest absolute Gasteiger partial charge is 0.463 e. The third-order valence-corrected chi connectivity index (χ3v) is 3.18. The second-order valence-electron chi connectivity index (χ2n) is 5.00. The quantitative estimate of drug-likeness (QED) is 0.345. The molecule has 0 heterocycles. The average Bonchev–Trinajstić information content (AvgIpc) is 2.42. The topological polar surface area (TPSA) is 35.5 Å². The fourth-order valence-corrected chi connectivity index (χ4v) is 2.01. The zero-order chi connectivity index (χ0) is 14.2. The van der Waals surface area contributed by atoms with Crippen LogP contribution >= 0.6 is 0 Å². The van der Waals surface area contributed by atoms with Gasteiger partial charge in [0.15, 0.2) is 0 Å². The lowest BCUT2D eigenvalue weighted by Crippen LogP contribution is -2.10. The first-order valence-electron chi connectivity index (χ1n) is 8.04. The molecule has 0 N–H and O–H groups in total. The summed E-state index contributed by atoms with van der Waals surface area (Å²) in [6, 6.07) is 0. The summed E-state index contributed by atoms with van der Waals surface area (Å²) in [6.45, 7) is 5.76. The highest BCUT2D eigenvalue weighted by atomic mass is 16.6. The maximum absolute atomic E-state index is 11.3. The minimum atomic E-state index is -0.0809. The maximum atomic E-state index is 11.3. The van der Waals surface area contributed by atoms with Crippen LogP contribution in [0.5, 0.6) is 0 Å². The second-order valence-corrected chi connectivity index (χ2v) is 5.00. The van der Waals surface area contributed by atoms with Crippen LogP contribution in [0.3, 0.4) is 0 Å². The molecule has 0 atom stereocenters. The second kappa shape index (κ2) is 15.5. The third kappa shape index (κ3) is 15.4. The van der Waals surface area contributed by atoms with Crippen LogP contribution in [0, 0.1) is 0 Å². The molecular formula is C16H32O3. The minimum absolute atomic E-state index is 0.0809. The van der Waals surface area contributed by atoms with Gasteiger partial charge in [-0.05, 0) is 13.3 Å². The summed E-state index contributed by atoms with van der Waals surface area (Å²) < 4.78 is 10.2. The highest BCUT2D eigenvalue weighted by Gasteiger charge is 2.02. The molecule has 3 heteroatoms. The molecular weight excluding hydrogens is 240 g/mol. The molecule has 0 aliphatic rings. The molecule has 114 valence electrons. The molecule has 0 aromatic rings. The fourth-order valence-electron chi connectivity index (χ4n) is 2.01. The molecule has 0 fully saturated rings. The van der Waals surface area contributed by atoms with Crippen molar-refractivity contribution in [2.24, 2.45) is 0 Å². The number of ether oxygens (including phenoxy) is 2. The van der Waals surface area contributed by atoms with Crippen molar-refractivity contribution in [1.29, 1.82) is 0 Å². The highest BCUT2D eigenvalue weighted by molar-refractivity contribution is 5.69. The van der Waals surface area contributed by atoms with Gasteiger partial charge in [-0.1, -0.05) is 58.3 Å². The summed E-state index contributed by atoms with van der Waals surface area (Å²) in [6.07, 6.45) is 12.0. The van der Waals surface area contributed by atoms with E-state index in [9.17, 15) is 4.79 Å². The van der Waals surface area contributed by atoms with E-state index >= 15 is 0 Å². The summed E-state index contributed by atoms with van der Waals surface area (Å²) in [5, 5.41) is 0. The van der Waals surface area contributed by atoms with Gasteiger partial charge in [-0.25, -0.2) is 0 Å². The van der Waals surface area contributed by atoms with Crippen molar-refractivity contribution in [2.75, 3.05) is 19.8 Å². The van der Waals surface area contributed by atoms with Gasteiger partial charge in [-0.3, -0.25) is 4.79 Å². The number of carbonyl (C=O) groups is 1. The Balaban J connectivity index is 3.10. The Morgan fingerprint density at radius 1 is 0.789 bits per heavy atom. The molecule has 0 radical (unpaired) electrons. The lowest BCUT2D eigenvalue weighted by atomic mass is 10.1. The predicted octanol–water partition coefficient (Wildman–Crippen LogP) is 4.49. The van der Waals surface area contributed by atoms with E-state index in [-0.39, 0.29) is 5.97 Å². The van der Waals surface area contributed by atoms with Gasteiger partial charge in [-0.15, -0.1) is 0 Å². The van der Waals surface area contributed by atoms with Crippen LogP contribution in [0.1, 0.15) is 78.1 Å². The molecule has 0 aliphatic carbocycles. The van der Waals surface area contributed by atoms with Gasteiger partial charge < -0.3 is 9.47 Å². The molecule has 3 nitrogen and oxygen atoms in total. The van der Waals surface area contributed by atoms with Crippen LogP contribution in [0.25, 0.3) is 0 Å². The molecule has 0 aromatic heterocycles. The third-order valence-electron chi connectivity index (χ3n) is 3.18. The zero-order valence-corrected chi connectivity index (χ0v) is 12.9. The van der Waals surface area contributed by atoms with Gasteiger partial charge in [0, 0.05) is 13.0 Å². The van der Waals surface area contributed by atoms with E-state index in [1.54, 1.807) is 0 Å². The van der Waals surface area contributed by atoms with Crippen LogP contribution in [-0.4, -0.2) is 25.8 Å². The Labute approximate surface area is 119 Å². The lowest BCUT2D eigenvalue weighted by molar-refractivity contribution is -0.145. The molecule has 0 amide bonds. The van der Waals surface area contributed by atoms with Crippen LogP contribution < -0.4 is 0 Å². The van der Waals surface area contributed by atoms with E-state index < -0.39 is 0 Å². The van der Waals surface area contributed by atoms with Crippen molar-refractivity contribution in [1.82, 2.24) is 0 Å². The smallest absolute Gasteiger partial charge is 0.305 e. The van der Waals surface area contributed by atoms with Gasteiger partial charge >= 0.3 is 5.97 Å². The number of unbranched alkanes of at least 4 members (excludes halogenated alkanes) is 8. The average molecular weight is 272 g/mol. The first-order valence-corrected chi connectivity index (χ1v) is 8.04. The first-order chi connectivity index (χ1) is 9.31. The number of hydrogen-bond acceptors (Lipinski definition) is 3. The van der Waals surface area contributed by atoms with Gasteiger partial charge in [0.05, 0.1) is 6.61 Å². The van der Waals surface area contributed by atoms with Crippen molar-refractivity contribution in [3.8, 4) is 0 Å². The number of rotatable bonds is 14. The van der Waals surface area contributed by atoms with E-state index in [1.165, 1.54) is 44.9 Å². The van der Waals surface area contributed by atoms with E-state index in [4.69, 9.17) is 9.47 Å². The molecule has 0 spiro atoms. The number of esters is 1. The van der Waals surface area contributed by atoms with E-state index in [1.807, 2.05) is 6.92 Å². The van der Waals surface area contributed by atoms with Crippen molar-refractivity contribution in [3.63, 3.8) is 0 Å². The monoisotopic (exact) mass is 272 g/mol. The molecule has 0 rings (SSSR count). The maximum Gasteiger partial charge on any atom is 0.305 e. The molecule has 19 heavy (non-hydrogen) atoms. The van der Waals surface area contributed by atoms with Crippen LogP contribution in [-0.2, 0) is 14.3 Å². The van der Waals surface area contributed by atoms with Crippen molar-refractivity contribution in [3.05, 3.63) is 0 Å². The molecule has 0 bridgehead atoms. The Bertz CT molecular complexity index is 192. The standard InChI is InChI=1S/C16H32O3/c1-3-5-6-7-8-9-10-11-12-13-16(17)19-15-14-18-4-2/h3-15H2,1-2H3. The van der Waals surface area contributed by atoms with E-state index in [2.05, 4.69) is 6.92 Å². The lowest BCUT2D eigenvalue weighted by Gasteiger charge is -2.05. The Morgan fingerprint density at radius 3 is 1.95 bits per heavy atom. The SMILES string of the molecule is CCCCCCCCCCCC(=O)OCCOCC. The van der Waals surface area contributed by atoms with Crippen molar-refractivity contribution in [2.45, 2.75) is 78.1 Å². The summed E-state index contributed by atoms with van der Waals surface area (Å²) >= 11 is 0. The molecule has 0 aromatic carbocycles. The van der Waals surface area contributed by atoms with Gasteiger partial charge in [-0.2, -0.15) is 0 Å². The fraction of sp³-hybridized carbons (Fsp3) is 0.938. The van der Waals surface area contributed by atoms with Crippen LogP contribution in [0.4, 0.5) is 0 Å². The summed E-state index contributed by atoms with van der Waals surface area (Å²) in [5.74, 6) is -0.0809.